The third-order valence-electron chi connectivity index (χ3n) is 2.26. The molecule has 6 heteroatoms. The minimum atomic E-state index is -3.36. The zero-order valence-corrected chi connectivity index (χ0v) is 11.3. The van der Waals surface area contributed by atoms with Crippen LogP contribution < -0.4 is 0 Å². The summed E-state index contributed by atoms with van der Waals surface area (Å²) in [5.74, 6) is 0. The summed E-state index contributed by atoms with van der Waals surface area (Å²) in [7, 11) is -3.36. The van der Waals surface area contributed by atoms with Crippen molar-refractivity contribution in [2.75, 3.05) is 19.3 Å². The SMILES string of the molecule is CCN(CC)S(=O)(=O)c1ccc(SC)nc1. The Kier molecular flexibility index (Phi) is 4.76. The lowest BCUT2D eigenvalue weighted by atomic mass is 10.5. The van der Waals surface area contributed by atoms with E-state index in [2.05, 4.69) is 4.98 Å². The van der Waals surface area contributed by atoms with E-state index < -0.39 is 10.0 Å². The van der Waals surface area contributed by atoms with Crippen LogP contribution in [-0.4, -0.2) is 37.1 Å². The molecule has 0 unspecified atom stereocenters. The van der Waals surface area contributed by atoms with Crippen molar-refractivity contribution >= 4 is 21.8 Å². The number of hydrogen-bond donors (Lipinski definition) is 0. The first-order valence-corrected chi connectivity index (χ1v) is 7.73. The Morgan fingerprint density at radius 1 is 1.31 bits per heavy atom. The molecule has 1 aromatic rings. The van der Waals surface area contributed by atoms with Gasteiger partial charge in [0.15, 0.2) is 0 Å². The van der Waals surface area contributed by atoms with Crippen LogP contribution in [0.1, 0.15) is 13.8 Å². The summed E-state index contributed by atoms with van der Waals surface area (Å²) in [6.07, 6.45) is 3.32. The molecule has 0 amide bonds. The number of hydrogen-bond acceptors (Lipinski definition) is 4. The van der Waals surface area contributed by atoms with Gasteiger partial charge >= 0.3 is 0 Å². The Labute approximate surface area is 101 Å². The van der Waals surface area contributed by atoms with Gasteiger partial charge in [-0.3, -0.25) is 0 Å². The highest BCUT2D eigenvalue weighted by molar-refractivity contribution is 7.98. The van der Waals surface area contributed by atoms with E-state index in [0.717, 1.165) is 5.03 Å². The Morgan fingerprint density at radius 2 is 1.94 bits per heavy atom. The molecule has 0 fully saturated rings. The number of nitrogens with zero attached hydrogens (tertiary/aromatic N) is 2. The molecule has 0 saturated carbocycles. The van der Waals surface area contributed by atoms with Gasteiger partial charge in [0.2, 0.25) is 10.0 Å². The third kappa shape index (κ3) is 2.75. The Hall–Kier alpha value is -0.590. The molecule has 0 spiro atoms. The van der Waals surface area contributed by atoms with E-state index in [0.29, 0.717) is 13.1 Å². The maximum Gasteiger partial charge on any atom is 0.244 e. The summed E-state index contributed by atoms with van der Waals surface area (Å²) < 4.78 is 25.6. The van der Waals surface area contributed by atoms with Crippen molar-refractivity contribution in [3.63, 3.8) is 0 Å². The van der Waals surface area contributed by atoms with Crippen molar-refractivity contribution in [1.82, 2.24) is 9.29 Å². The summed E-state index contributed by atoms with van der Waals surface area (Å²) >= 11 is 1.49. The topological polar surface area (TPSA) is 50.3 Å². The molecule has 0 aliphatic rings. The molecule has 1 aromatic heterocycles. The van der Waals surface area contributed by atoms with Gasteiger partial charge in [-0.2, -0.15) is 4.31 Å². The highest BCUT2D eigenvalue weighted by atomic mass is 32.2. The lowest BCUT2D eigenvalue weighted by Crippen LogP contribution is -2.30. The highest BCUT2D eigenvalue weighted by Gasteiger charge is 2.21. The van der Waals surface area contributed by atoms with Crippen LogP contribution in [0.2, 0.25) is 0 Å². The number of sulfonamides is 1. The fourth-order valence-corrected chi connectivity index (χ4v) is 3.12. The van der Waals surface area contributed by atoms with E-state index in [1.165, 1.54) is 22.3 Å². The smallest absolute Gasteiger partial charge is 0.244 e. The molecular formula is C10H16N2O2S2. The number of aromatic nitrogens is 1. The van der Waals surface area contributed by atoms with E-state index >= 15 is 0 Å². The quantitative estimate of drug-likeness (QED) is 0.758. The molecule has 1 heterocycles. The number of thioether (sulfide) groups is 1. The van der Waals surface area contributed by atoms with Crippen molar-refractivity contribution < 1.29 is 8.42 Å². The van der Waals surface area contributed by atoms with Gasteiger partial charge in [-0.05, 0) is 18.4 Å². The predicted molar refractivity (Wildman–Crippen MR) is 66.1 cm³/mol. The van der Waals surface area contributed by atoms with Gasteiger partial charge in [-0.1, -0.05) is 13.8 Å². The van der Waals surface area contributed by atoms with Crippen LogP contribution >= 0.6 is 11.8 Å². The van der Waals surface area contributed by atoms with Gasteiger partial charge in [0.05, 0.1) is 5.03 Å². The third-order valence-corrected chi connectivity index (χ3v) is 4.95. The van der Waals surface area contributed by atoms with Crippen LogP contribution in [-0.2, 0) is 10.0 Å². The van der Waals surface area contributed by atoms with E-state index in [9.17, 15) is 8.42 Å². The van der Waals surface area contributed by atoms with Gasteiger partial charge < -0.3 is 0 Å². The Morgan fingerprint density at radius 3 is 2.31 bits per heavy atom. The fourth-order valence-electron chi connectivity index (χ4n) is 1.35. The summed E-state index contributed by atoms with van der Waals surface area (Å²) in [5.41, 5.74) is 0. The standard InChI is InChI=1S/C10H16N2O2S2/c1-4-12(5-2)16(13,14)9-6-7-10(15-3)11-8-9/h6-8H,4-5H2,1-3H3. The zero-order chi connectivity index (χ0) is 12.2. The molecule has 0 N–H and O–H groups in total. The van der Waals surface area contributed by atoms with E-state index in [1.54, 1.807) is 12.1 Å². The molecule has 4 nitrogen and oxygen atoms in total. The molecule has 16 heavy (non-hydrogen) atoms. The van der Waals surface area contributed by atoms with Crippen LogP contribution in [0.4, 0.5) is 0 Å². The second-order valence-electron chi connectivity index (χ2n) is 3.13. The Bertz CT molecular complexity index is 425. The van der Waals surface area contributed by atoms with E-state index in [-0.39, 0.29) is 4.90 Å². The summed E-state index contributed by atoms with van der Waals surface area (Å²) in [5, 5.41) is 0.818. The maximum atomic E-state index is 12.1. The Balaban J connectivity index is 3.07. The van der Waals surface area contributed by atoms with E-state index in [1.807, 2.05) is 20.1 Å². The lowest BCUT2D eigenvalue weighted by Gasteiger charge is -2.18. The van der Waals surface area contributed by atoms with Crippen LogP contribution in [0.5, 0.6) is 0 Å². The second-order valence-corrected chi connectivity index (χ2v) is 5.89. The first-order valence-electron chi connectivity index (χ1n) is 5.06. The number of rotatable bonds is 5. The molecule has 0 aliphatic heterocycles. The molecule has 0 aliphatic carbocycles. The molecule has 90 valence electrons. The highest BCUT2D eigenvalue weighted by Crippen LogP contribution is 2.17. The molecule has 1 rings (SSSR count). The van der Waals surface area contributed by atoms with Crippen LogP contribution in [0, 0.1) is 0 Å². The first kappa shape index (κ1) is 13.5. The molecule has 0 saturated heterocycles. The van der Waals surface area contributed by atoms with Crippen LogP contribution in [0.15, 0.2) is 28.3 Å². The lowest BCUT2D eigenvalue weighted by molar-refractivity contribution is 0.445. The van der Waals surface area contributed by atoms with Crippen LogP contribution in [0.3, 0.4) is 0 Å². The average Bonchev–Trinajstić information content (AvgIpc) is 2.30. The predicted octanol–water partition coefficient (Wildman–Crippen LogP) is 1.83. The van der Waals surface area contributed by atoms with E-state index in [4.69, 9.17) is 0 Å². The normalized spacial score (nSPS) is 12.0. The molecule has 0 aromatic carbocycles. The maximum absolute atomic E-state index is 12.1. The average molecular weight is 260 g/mol. The fraction of sp³-hybridized carbons (Fsp3) is 0.500. The monoisotopic (exact) mass is 260 g/mol. The van der Waals surface area contributed by atoms with Crippen molar-refractivity contribution in [3.8, 4) is 0 Å². The second kappa shape index (κ2) is 5.65. The number of pyridine rings is 1. The zero-order valence-electron chi connectivity index (χ0n) is 9.67. The van der Waals surface area contributed by atoms with Crippen molar-refractivity contribution in [2.45, 2.75) is 23.8 Å². The van der Waals surface area contributed by atoms with Gasteiger partial charge in [0.25, 0.3) is 0 Å². The summed E-state index contributed by atoms with van der Waals surface area (Å²) in [6, 6.07) is 3.33. The summed E-state index contributed by atoms with van der Waals surface area (Å²) in [6.45, 7) is 4.60. The molecule has 0 radical (unpaired) electrons. The van der Waals surface area contributed by atoms with Gasteiger partial charge in [-0.15, -0.1) is 11.8 Å². The molecule has 0 bridgehead atoms. The molecular weight excluding hydrogens is 244 g/mol. The van der Waals surface area contributed by atoms with Crippen molar-refractivity contribution in [2.24, 2.45) is 0 Å². The first-order chi connectivity index (χ1) is 7.56. The van der Waals surface area contributed by atoms with Gasteiger partial charge in [0.1, 0.15) is 4.90 Å². The minimum absolute atomic E-state index is 0.258. The summed E-state index contributed by atoms with van der Waals surface area (Å²) in [4.78, 5) is 4.33. The largest absolute Gasteiger partial charge is 0.249 e. The van der Waals surface area contributed by atoms with Gasteiger partial charge in [-0.25, -0.2) is 13.4 Å². The van der Waals surface area contributed by atoms with Crippen molar-refractivity contribution in [3.05, 3.63) is 18.3 Å². The van der Waals surface area contributed by atoms with Gasteiger partial charge in [0, 0.05) is 19.3 Å². The minimum Gasteiger partial charge on any atom is -0.249 e. The molecule has 0 atom stereocenters. The van der Waals surface area contributed by atoms with Crippen molar-refractivity contribution in [1.29, 1.82) is 0 Å². The van der Waals surface area contributed by atoms with Crippen LogP contribution in [0.25, 0.3) is 0 Å².